The summed E-state index contributed by atoms with van der Waals surface area (Å²) in [6, 6.07) is 0.316. The summed E-state index contributed by atoms with van der Waals surface area (Å²) in [4.78, 5) is 0. The van der Waals surface area contributed by atoms with Crippen molar-refractivity contribution in [1.29, 1.82) is 0 Å². The molecule has 4 atom stereocenters. The molecule has 2 saturated carbocycles. The summed E-state index contributed by atoms with van der Waals surface area (Å²) in [6.07, 6.45) is 2.29. The standard InChI is InChI=1S/C14H27NO/c1-9(2)8-15-11-10-6-7-14(5,12(11)16)13(10,3)4/h9-12,15-16H,6-8H2,1-5H3/t10-,11-,12-,14+/m1/s1. The number of hydrogen-bond donors (Lipinski definition) is 2. The van der Waals surface area contributed by atoms with Crippen LogP contribution < -0.4 is 5.32 Å². The van der Waals surface area contributed by atoms with Crippen molar-refractivity contribution in [2.75, 3.05) is 6.54 Å². The minimum Gasteiger partial charge on any atom is -0.391 e. The van der Waals surface area contributed by atoms with Gasteiger partial charge < -0.3 is 10.4 Å². The van der Waals surface area contributed by atoms with Crippen molar-refractivity contribution in [1.82, 2.24) is 5.32 Å². The van der Waals surface area contributed by atoms with Gasteiger partial charge in [-0.25, -0.2) is 0 Å². The van der Waals surface area contributed by atoms with E-state index in [1.807, 2.05) is 0 Å². The third-order valence-corrected chi connectivity index (χ3v) is 5.56. The van der Waals surface area contributed by atoms with Gasteiger partial charge in [-0.3, -0.25) is 0 Å². The Morgan fingerprint density at radius 1 is 1.31 bits per heavy atom. The summed E-state index contributed by atoms with van der Waals surface area (Å²) in [5.74, 6) is 1.30. The minimum absolute atomic E-state index is 0.117. The average Bonchev–Trinajstić information content (AvgIpc) is 2.47. The number of rotatable bonds is 3. The van der Waals surface area contributed by atoms with Gasteiger partial charge in [-0.1, -0.05) is 34.6 Å². The third-order valence-electron chi connectivity index (χ3n) is 5.56. The number of nitrogens with one attached hydrogen (secondary N) is 1. The van der Waals surface area contributed by atoms with Crippen LogP contribution in [0.4, 0.5) is 0 Å². The Hall–Kier alpha value is -0.0800. The maximum Gasteiger partial charge on any atom is 0.0754 e. The highest BCUT2D eigenvalue weighted by atomic mass is 16.3. The lowest BCUT2D eigenvalue weighted by Gasteiger charge is -2.37. The number of hydrogen-bond acceptors (Lipinski definition) is 2. The van der Waals surface area contributed by atoms with E-state index < -0.39 is 0 Å². The number of aliphatic hydroxyl groups excluding tert-OH is 1. The van der Waals surface area contributed by atoms with Crippen LogP contribution in [0.15, 0.2) is 0 Å². The normalized spacial score (nSPS) is 45.6. The quantitative estimate of drug-likeness (QED) is 0.773. The molecule has 2 aliphatic carbocycles. The highest BCUT2D eigenvalue weighted by Gasteiger charge is 2.65. The van der Waals surface area contributed by atoms with Crippen LogP contribution in [0.3, 0.4) is 0 Å². The van der Waals surface area contributed by atoms with Gasteiger partial charge in [0.2, 0.25) is 0 Å². The van der Waals surface area contributed by atoms with Gasteiger partial charge in [-0.05, 0) is 36.6 Å². The first-order chi connectivity index (χ1) is 7.30. The van der Waals surface area contributed by atoms with E-state index in [4.69, 9.17) is 0 Å². The van der Waals surface area contributed by atoms with E-state index in [1.165, 1.54) is 12.8 Å². The van der Waals surface area contributed by atoms with Crippen LogP contribution in [0, 0.1) is 22.7 Å². The van der Waals surface area contributed by atoms with E-state index in [2.05, 4.69) is 39.9 Å². The van der Waals surface area contributed by atoms with Crippen molar-refractivity contribution in [2.24, 2.45) is 22.7 Å². The van der Waals surface area contributed by atoms with Gasteiger partial charge in [0, 0.05) is 11.5 Å². The van der Waals surface area contributed by atoms with Crippen molar-refractivity contribution < 1.29 is 5.11 Å². The summed E-state index contributed by atoms with van der Waals surface area (Å²) in [7, 11) is 0. The Bertz CT molecular complexity index is 274. The lowest BCUT2D eigenvalue weighted by atomic mass is 9.70. The highest BCUT2D eigenvalue weighted by molar-refractivity contribution is 5.17. The van der Waals surface area contributed by atoms with E-state index in [-0.39, 0.29) is 16.9 Å². The van der Waals surface area contributed by atoms with Gasteiger partial charge in [-0.2, -0.15) is 0 Å². The summed E-state index contributed by atoms with van der Waals surface area (Å²) >= 11 is 0. The molecule has 2 heteroatoms. The zero-order chi connectivity index (χ0) is 12.1. The molecule has 0 heterocycles. The van der Waals surface area contributed by atoms with Crippen molar-refractivity contribution in [3.63, 3.8) is 0 Å². The van der Waals surface area contributed by atoms with Gasteiger partial charge in [0.15, 0.2) is 0 Å². The second-order valence-corrected chi connectivity index (χ2v) is 7.06. The van der Waals surface area contributed by atoms with Gasteiger partial charge in [-0.15, -0.1) is 0 Å². The highest BCUT2D eigenvalue weighted by Crippen LogP contribution is 2.65. The molecule has 2 rings (SSSR count). The first kappa shape index (κ1) is 12.4. The number of aliphatic hydroxyl groups is 1. The topological polar surface area (TPSA) is 32.3 Å². The first-order valence-corrected chi connectivity index (χ1v) is 6.72. The molecule has 0 radical (unpaired) electrons. The summed E-state index contributed by atoms with van der Waals surface area (Å²) in [5, 5.41) is 14.1. The van der Waals surface area contributed by atoms with E-state index >= 15 is 0 Å². The van der Waals surface area contributed by atoms with Crippen LogP contribution in [0.1, 0.15) is 47.5 Å². The molecule has 2 nitrogen and oxygen atoms in total. The van der Waals surface area contributed by atoms with Crippen LogP contribution in [-0.2, 0) is 0 Å². The number of fused-ring (bicyclic) bond motifs is 2. The van der Waals surface area contributed by atoms with Crippen LogP contribution in [0.25, 0.3) is 0 Å². The second-order valence-electron chi connectivity index (χ2n) is 7.06. The molecule has 0 unspecified atom stereocenters. The van der Waals surface area contributed by atoms with E-state index in [9.17, 15) is 5.11 Å². The lowest BCUT2D eigenvalue weighted by Crippen LogP contribution is -2.48. The van der Waals surface area contributed by atoms with Gasteiger partial charge in [0.05, 0.1) is 6.10 Å². The molecule has 16 heavy (non-hydrogen) atoms. The average molecular weight is 225 g/mol. The Kier molecular flexibility index (Phi) is 2.87. The molecule has 0 aromatic heterocycles. The van der Waals surface area contributed by atoms with Crippen LogP contribution in [-0.4, -0.2) is 23.8 Å². The van der Waals surface area contributed by atoms with Crippen molar-refractivity contribution in [2.45, 2.75) is 59.6 Å². The fourth-order valence-electron chi connectivity index (χ4n) is 3.96. The maximum absolute atomic E-state index is 10.5. The second kappa shape index (κ2) is 3.71. The fraction of sp³-hybridized carbons (Fsp3) is 1.00. The van der Waals surface area contributed by atoms with Crippen molar-refractivity contribution >= 4 is 0 Å². The van der Waals surface area contributed by atoms with Gasteiger partial charge in [0.25, 0.3) is 0 Å². The summed E-state index contributed by atoms with van der Waals surface area (Å²) in [5.41, 5.74) is 0.396. The zero-order valence-electron chi connectivity index (χ0n) is 11.4. The summed E-state index contributed by atoms with van der Waals surface area (Å²) < 4.78 is 0. The SMILES string of the molecule is CC(C)CN[C@@H]1[C@H]2CC[C@@](C)([C@@H]1O)C2(C)C. The molecule has 2 N–H and O–H groups in total. The Morgan fingerprint density at radius 3 is 2.38 bits per heavy atom. The smallest absolute Gasteiger partial charge is 0.0754 e. The Labute approximate surface area is 99.8 Å². The molecule has 0 aromatic rings. The minimum atomic E-state index is -0.167. The predicted molar refractivity (Wildman–Crippen MR) is 67.2 cm³/mol. The Morgan fingerprint density at radius 2 is 1.94 bits per heavy atom. The molecule has 0 aliphatic heterocycles. The molecule has 0 aromatic carbocycles. The molecule has 94 valence electrons. The Balaban J connectivity index is 2.13. The molecule has 2 fully saturated rings. The van der Waals surface area contributed by atoms with E-state index in [0.717, 1.165) is 6.54 Å². The predicted octanol–water partition coefficient (Wildman–Crippen LogP) is 2.42. The van der Waals surface area contributed by atoms with Crippen LogP contribution >= 0.6 is 0 Å². The van der Waals surface area contributed by atoms with Gasteiger partial charge >= 0.3 is 0 Å². The third kappa shape index (κ3) is 1.46. The zero-order valence-corrected chi connectivity index (χ0v) is 11.4. The van der Waals surface area contributed by atoms with Crippen LogP contribution in [0.2, 0.25) is 0 Å². The van der Waals surface area contributed by atoms with Gasteiger partial charge in [0.1, 0.15) is 0 Å². The summed E-state index contributed by atoms with van der Waals surface area (Å²) in [6.45, 7) is 12.4. The molecule has 2 aliphatic rings. The molecule has 2 bridgehead atoms. The van der Waals surface area contributed by atoms with E-state index in [0.29, 0.717) is 17.9 Å². The lowest BCUT2D eigenvalue weighted by molar-refractivity contribution is -0.000250. The van der Waals surface area contributed by atoms with Crippen molar-refractivity contribution in [3.8, 4) is 0 Å². The first-order valence-electron chi connectivity index (χ1n) is 6.72. The molecule has 0 saturated heterocycles. The van der Waals surface area contributed by atoms with E-state index in [1.54, 1.807) is 0 Å². The fourth-order valence-corrected chi connectivity index (χ4v) is 3.96. The molecule has 0 spiro atoms. The molecular formula is C14H27NO. The molecule has 0 amide bonds. The monoisotopic (exact) mass is 225 g/mol. The molecular weight excluding hydrogens is 198 g/mol. The maximum atomic E-state index is 10.5. The van der Waals surface area contributed by atoms with Crippen molar-refractivity contribution in [3.05, 3.63) is 0 Å². The van der Waals surface area contributed by atoms with Crippen LogP contribution in [0.5, 0.6) is 0 Å². The largest absolute Gasteiger partial charge is 0.391 e.